The third-order valence-electron chi connectivity index (χ3n) is 10.0. The summed E-state index contributed by atoms with van der Waals surface area (Å²) >= 11 is 0. The highest BCUT2D eigenvalue weighted by atomic mass is 33.5. The number of hydrogen-bond donors (Lipinski definition) is 5. The van der Waals surface area contributed by atoms with Gasteiger partial charge in [-0.2, -0.15) is 0 Å². The maximum Gasteiger partial charge on any atom is 0.266 e. The van der Waals surface area contributed by atoms with E-state index in [2.05, 4.69) is 5.32 Å². The van der Waals surface area contributed by atoms with E-state index in [0.29, 0.717) is 17.0 Å². The molecule has 14 heteroatoms. The normalized spacial score (nSPS) is 48.2. The molecule has 8 aliphatic rings. The number of para-hydroxylation sites is 1. The molecule has 5 fully saturated rings. The van der Waals surface area contributed by atoms with Crippen LogP contribution in [0.25, 0.3) is 0 Å². The van der Waals surface area contributed by atoms with Crippen molar-refractivity contribution in [2.45, 2.75) is 78.7 Å². The number of Topliss-reactive ketones (excluding diaryl/α,β-unsaturated/α-hetero) is 1. The number of carbonyl (C=O) groups excluding carboxylic acids is 3. The Morgan fingerprint density at radius 2 is 1.59 bits per heavy atom. The molecule has 9 atom stereocenters. The van der Waals surface area contributed by atoms with Gasteiger partial charge in [0.25, 0.3) is 11.8 Å². The van der Waals surface area contributed by atoms with Crippen LogP contribution in [0.3, 0.4) is 0 Å². The van der Waals surface area contributed by atoms with Gasteiger partial charge in [-0.25, -0.2) is 0 Å². The quantitative estimate of drug-likeness (QED) is 0.262. The topological polar surface area (TPSA) is 160 Å². The molecular weight excluding hydrogens is 566 g/mol. The van der Waals surface area contributed by atoms with Gasteiger partial charge in [0.05, 0.1) is 6.04 Å². The lowest BCUT2D eigenvalue weighted by Crippen LogP contribution is -2.76. The first-order valence-electron chi connectivity index (χ1n) is 12.6. The Morgan fingerprint density at radius 1 is 0.974 bits per heavy atom. The summed E-state index contributed by atoms with van der Waals surface area (Å²) in [5, 5.41) is 50.9. The summed E-state index contributed by atoms with van der Waals surface area (Å²) in [6.07, 6.45) is -5.44. The van der Waals surface area contributed by atoms with Crippen LogP contribution in [0.1, 0.15) is 32.8 Å². The largest absolute Gasteiger partial charge is 0.494 e. The van der Waals surface area contributed by atoms with E-state index >= 15 is 0 Å². The molecule has 2 bridgehead atoms. The molecular formula is C25H25N3O8S3. The Morgan fingerprint density at radius 3 is 2.31 bits per heavy atom. The second kappa shape index (κ2) is 6.92. The summed E-state index contributed by atoms with van der Waals surface area (Å²) in [5.41, 5.74) is -4.16. The summed E-state index contributed by atoms with van der Waals surface area (Å²) in [7, 11) is 2.82. The van der Waals surface area contributed by atoms with Gasteiger partial charge in [-0.15, -0.1) is 0 Å². The van der Waals surface area contributed by atoms with Gasteiger partial charge in [0, 0.05) is 28.7 Å². The summed E-state index contributed by atoms with van der Waals surface area (Å²) in [4.78, 5) is 41.5. The predicted molar refractivity (Wildman–Crippen MR) is 141 cm³/mol. The molecule has 2 amide bonds. The minimum absolute atomic E-state index is 0.0833. The Balaban J connectivity index is 1.33. The average Bonchev–Trinajstić information content (AvgIpc) is 3.37. The number of carbonyl (C=O) groups is 3. The molecule has 1 aromatic carbocycles. The average molecular weight is 592 g/mol. The van der Waals surface area contributed by atoms with E-state index in [4.69, 9.17) is 4.74 Å². The molecule has 3 unspecified atom stereocenters. The van der Waals surface area contributed by atoms with Crippen LogP contribution in [-0.4, -0.2) is 93.7 Å². The maximum atomic E-state index is 14.7. The summed E-state index contributed by atoms with van der Waals surface area (Å²) in [6, 6.07) is 5.44. The fourth-order valence-electron chi connectivity index (χ4n) is 7.74. The van der Waals surface area contributed by atoms with Crippen LogP contribution in [0.2, 0.25) is 0 Å². The van der Waals surface area contributed by atoms with Gasteiger partial charge < -0.3 is 35.4 Å². The first kappa shape index (κ1) is 24.8. The SMILES string of the molecule is C[C@@H]1OC2=C(C(=O)C3(O)C(C2)N2C(=O)[C@@]45SSS[C@@]2(C(=O)N4[C@H]2Nc4ccccc4C2(O)[C@H]5O)[C@@H]3O)C1(C)C. The number of hydrogen-bond acceptors (Lipinski definition) is 12. The molecule has 1 aliphatic carbocycles. The van der Waals surface area contributed by atoms with Crippen LogP contribution < -0.4 is 5.32 Å². The van der Waals surface area contributed by atoms with Gasteiger partial charge in [0.1, 0.15) is 30.2 Å². The van der Waals surface area contributed by atoms with Crippen LogP contribution in [-0.2, 0) is 24.7 Å². The Kier molecular flexibility index (Phi) is 4.40. The molecule has 0 aromatic heterocycles. The molecule has 0 radical (unpaired) electrons. The molecule has 206 valence electrons. The van der Waals surface area contributed by atoms with Crippen molar-refractivity contribution in [3.63, 3.8) is 0 Å². The second-order valence-electron chi connectivity index (χ2n) is 11.9. The molecule has 7 aliphatic heterocycles. The van der Waals surface area contributed by atoms with Crippen molar-refractivity contribution in [1.82, 2.24) is 9.80 Å². The van der Waals surface area contributed by atoms with Crippen molar-refractivity contribution < 1.29 is 39.5 Å². The highest BCUT2D eigenvalue weighted by Gasteiger charge is 2.87. The Hall–Kier alpha value is -1.94. The van der Waals surface area contributed by atoms with Gasteiger partial charge >= 0.3 is 0 Å². The maximum absolute atomic E-state index is 14.7. The van der Waals surface area contributed by atoms with E-state index in [1.165, 1.54) is 0 Å². The van der Waals surface area contributed by atoms with E-state index < -0.39 is 68.4 Å². The van der Waals surface area contributed by atoms with Gasteiger partial charge in [0.2, 0.25) is 9.74 Å². The molecule has 2 spiro atoms. The van der Waals surface area contributed by atoms with Gasteiger partial charge in [-0.05, 0) is 44.4 Å². The van der Waals surface area contributed by atoms with Crippen molar-refractivity contribution in [3.05, 3.63) is 41.2 Å². The fourth-order valence-corrected chi connectivity index (χ4v) is 13.8. The lowest BCUT2D eigenvalue weighted by atomic mass is 9.68. The Bertz CT molecular complexity index is 1470. The van der Waals surface area contributed by atoms with Crippen LogP contribution in [0.15, 0.2) is 35.6 Å². The smallest absolute Gasteiger partial charge is 0.266 e. The van der Waals surface area contributed by atoms with Crippen molar-refractivity contribution in [2.75, 3.05) is 5.32 Å². The van der Waals surface area contributed by atoms with Crippen molar-refractivity contribution >= 4 is 54.7 Å². The standard InChI is InChI=1S/C25H25N3O8S3/c1-9-21(2,3)14-12(36-9)8-13-23(35,15(14)29)17(31)24-20(33)28-18-22(34,10-6-4-5-7-11(10)26-18)16(30)25(28,38-39-37-24)19(32)27(13)24/h4-7,9,13,16-18,26,30-31,34-35H,8H2,1-3H3/t9-,13?,16+,17+,18+,22?,23?,24+,25+/m0/s1. The molecule has 5 saturated heterocycles. The lowest BCUT2D eigenvalue weighted by Gasteiger charge is -2.51. The van der Waals surface area contributed by atoms with E-state index in [9.17, 15) is 34.8 Å². The number of amides is 2. The number of ketones is 1. The predicted octanol–water partition coefficient (Wildman–Crippen LogP) is 0.253. The highest BCUT2D eigenvalue weighted by Crippen LogP contribution is 2.72. The van der Waals surface area contributed by atoms with Crippen LogP contribution in [0.5, 0.6) is 0 Å². The lowest BCUT2D eigenvalue weighted by molar-refractivity contribution is -0.171. The molecule has 5 N–H and O–H groups in total. The number of fused-ring (bicyclic) bond motifs is 6. The fraction of sp³-hybridized carbons (Fsp3) is 0.560. The number of nitrogens with one attached hydrogen (secondary N) is 1. The molecule has 7 heterocycles. The van der Waals surface area contributed by atoms with Crippen LogP contribution in [0, 0.1) is 5.41 Å². The van der Waals surface area contributed by atoms with Gasteiger partial charge in [-0.1, -0.05) is 32.0 Å². The van der Waals surface area contributed by atoms with Crippen LogP contribution in [0.4, 0.5) is 5.69 Å². The monoisotopic (exact) mass is 591 g/mol. The minimum atomic E-state index is -2.47. The summed E-state index contributed by atoms with van der Waals surface area (Å²) in [6.45, 7) is 5.45. The number of benzene rings is 1. The van der Waals surface area contributed by atoms with Crippen molar-refractivity contribution in [1.29, 1.82) is 0 Å². The number of ether oxygens (including phenoxy) is 1. The zero-order valence-corrected chi connectivity index (χ0v) is 23.4. The van der Waals surface area contributed by atoms with Gasteiger partial charge in [0.15, 0.2) is 17.0 Å². The number of aliphatic hydroxyl groups is 4. The van der Waals surface area contributed by atoms with E-state index in [0.717, 1.165) is 41.2 Å². The third-order valence-corrected chi connectivity index (χ3v) is 15.0. The summed E-state index contributed by atoms with van der Waals surface area (Å²) in [5.74, 6) is -1.97. The number of piperazine rings is 1. The highest BCUT2D eigenvalue weighted by molar-refractivity contribution is 9.10. The third kappa shape index (κ3) is 2.23. The second-order valence-corrected chi connectivity index (χ2v) is 16.2. The Labute approximate surface area is 234 Å². The zero-order valence-electron chi connectivity index (χ0n) is 20.9. The summed E-state index contributed by atoms with van der Waals surface area (Å²) < 4.78 is 6.03. The van der Waals surface area contributed by atoms with Crippen molar-refractivity contribution in [3.8, 4) is 0 Å². The number of aliphatic hydroxyl groups excluding tert-OH is 2. The number of anilines is 1. The first-order chi connectivity index (χ1) is 18.3. The number of nitrogens with zero attached hydrogens (tertiary/aromatic N) is 2. The van der Waals surface area contributed by atoms with Crippen LogP contribution >= 0.6 is 31.4 Å². The molecule has 0 saturated carbocycles. The molecule has 9 rings (SSSR count). The number of rotatable bonds is 0. The zero-order chi connectivity index (χ0) is 27.7. The van der Waals surface area contributed by atoms with E-state index in [1.807, 2.05) is 20.8 Å². The first-order valence-corrected chi connectivity index (χ1v) is 16.1. The van der Waals surface area contributed by atoms with E-state index in [1.54, 1.807) is 24.3 Å². The molecule has 1 aromatic rings. The van der Waals surface area contributed by atoms with E-state index in [-0.39, 0.29) is 18.1 Å². The van der Waals surface area contributed by atoms with Gasteiger partial charge in [-0.3, -0.25) is 19.3 Å². The minimum Gasteiger partial charge on any atom is -0.494 e. The molecule has 39 heavy (non-hydrogen) atoms. The van der Waals surface area contributed by atoms with Crippen molar-refractivity contribution in [2.24, 2.45) is 5.41 Å². The molecule has 11 nitrogen and oxygen atoms in total.